The third-order valence-electron chi connectivity index (χ3n) is 4.60. The highest BCUT2D eigenvalue weighted by atomic mass is 16.2. The summed E-state index contributed by atoms with van der Waals surface area (Å²) in [4.78, 5) is 18.9. The molecule has 102 valence electrons. The van der Waals surface area contributed by atoms with Crippen LogP contribution in [-0.2, 0) is 4.79 Å². The Bertz CT molecular complexity index is 485. The number of nitrogens with zero attached hydrogens (tertiary/aromatic N) is 2. The van der Waals surface area contributed by atoms with E-state index in [0.717, 1.165) is 50.0 Å². The van der Waals surface area contributed by atoms with Crippen LogP contribution >= 0.6 is 0 Å². The van der Waals surface area contributed by atoms with E-state index in [4.69, 9.17) is 5.73 Å². The van der Waals surface area contributed by atoms with E-state index >= 15 is 0 Å². The zero-order valence-electron chi connectivity index (χ0n) is 11.4. The Morgan fingerprint density at radius 3 is 2.95 bits per heavy atom. The summed E-state index contributed by atoms with van der Waals surface area (Å²) in [6.07, 6.45) is 6.72. The van der Waals surface area contributed by atoms with Crippen molar-refractivity contribution in [3.63, 3.8) is 0 Å². The van der Waals surface area contributed by atoms with Crippen LogP contribution in [0.2, 0.25) is 0 Å². The molecule has 1 spiro atoms. The van der Waals surface area contributed by atoms with Crippen LogP contribution in [0.5, 0.6) is 0 Å². The Hall–Kier alpha value is -1.42. The number of rotatable bonds is 1. The Morgan fingerprint density at radius 1 is 1.42 bits per heavy atom. The van der Waals surface area contributed by atoms with Gasteiger partial charge in [0.1, 0.15) is 0 Å². The van der Waals surface area contributed by atoms with Gasteiger partial charge in [0.25, 0.3) is 0 Å². The number of nitrogens with two attached hydrogens (primary N) is 1. The molecular weight excluding hydrogens is 238 g/mol. The lowest BCUT2D eigenvalue weighted by Gasteiger charge is -2.34. The van der Waals surface area contributed by atoms with Crippen LogP contribution in [0.15, 0.2) is 18.3 Å². The number of aromatic nitrogens is 1. The van der Waals surface area contributed by atoms with E-state index in [1.807, 2.05) is 24.0 Å². The second-order valence-electron chi connectivity index (χ2n) is 6.00. The standard InChI is InChI=1S/C15H21N3O/c1-11-4-5-13(10-17-11)18-8-7-15(14(18)19)6-2-3-12(16)9-15/h4-5,10,12H,2-3,6-9,16H2,1H3. The monoisotopic (exact) mass is 259 g/mol. The first kappa shape index (κ1) is 12.6. The van der Waals surface area contributed by atoms with Crippen LogP contribution in [0, 0.1) is 12.3 Å². The molecule has 2 unspecified atom stereocenters. The van der Waals surface area contributed by atoms with Gasteiger partial charge in [0, 0.05) is 18.3 Å². The van der Waals surface area contributed by atoms with Crippen molar-refractivity contribution in [2.45, 2.75) is 45.1 Å². The summed E-state index contributed by atoms with van der Waals surface area (Å²) >= 11 is 0. The fourth-order valence-corrected chi connectivity index (χ4v) is 3.52. The molecule has 0 aromatic carbocycles. The average molecular weight is 259 g/mol. The molecule has 1 saturated heterocycles. The van der Waals surface area contributed by atoms with E-state index in [-0.39, 0.29) is 17.4 Å². The van der Waals surface area contributed by atoms with Gasteiger partial charge in [-0.3, -0.25) is 9.78 Å². The van der Waals surface area contributed by atoms with Gasteiger partial charge in [0.05, 0.1) is 17.3 Å². The summed E-state index contributed by atoms with van der Waals surface area (Å²) < 4.78 is 0. The van der Waals surface area contributed by atoms with Crippen LogP contribution in [-0.4, -0.2) is 23.5 Å². The zero-order chi connectivity index (χ0) is 13.5. The Morgan fingerprint density at radius 2 is 2.26 bits per heavy atom. The Kier molecular flexibility index (Phi) is 3.05. The number of carbonyl (C=O) groups excluding carboxylic acids is 1. The normalized spacial score (nSPS) is 31.2. The lowest BCUT2D eigenvalue weighted by Crippen LogP contribution is -2.42. The molecule has 0 radical (unpaired) electrons. The maximum absolute atomic E-state index is 12.8. The minimum Gasteiger partial charge on any atom is -0.328 e. The minimum absolute atomic E-state index is 0.189. The molecule has 1 aliphatic heterocycles. The molecule has 2 fully saturated rings. The maximum Gasteiger partial charge on any atom is 0.233 e. The number of hydrogen-bond donors (Lipinski definition) is 1. The predicted octanol–water partition coefficient (Wildman–Crippen LogP) is 2.01. The third kappa shape index (κ3) is 2.14. The molecule has 4 heteroatoms. The number of anilines is 1. The van der Waals surface area contributed by atoms with Gasteiger partial charge in [-0.05, 0) is 44.7 Å². The molecule has 19 heavy (non-hydrogen) atoms. The highest BCUT2D eigenvalue weighted by molar-refractivity contribution is 5.99. The van der Waals surface area contributed by atoms with Crippen molar-refractivity contribution in [2.24, 2.45) is 11.1 Å². The molecule has 4 nitrogen and oxygen atoms in total. The van der Waals surface area contributed by atoms with E-state index in [9.17, 15) is 4.79 Å². The smallest absolute Gasteiger partial charge is 0.233 e. The molecule has 2 atom stereocenters. The molecule has 2 aliphatic rings. The molecule has 3 rings (SSSR count). The number of aryl methyl sites for hydroxylation is 1. The van der Waals surface area contributed by atoms with Gasteiger partial charge < -0.3 is 10.6 Å². The van der Waals surface area contributed by atoms with E-state index in [1.165, 1.54) is 0 Å². The van der Waals surface area contributed by atoms with Gasteiger partial charge in [0.2, 0.25) is 5.91 Å². The molecule has 0 bridgehead atoms. The average Bonchev–Trinajstić information content (AvgIpc) is 2.68. The lowest BCUT2D eigenvalue weighted by atomic mass is 9.71. The number of carbonyl (C=O) groups is 1. The van der Waals surface area contributed by atoms with E-state index < -0.39 is 0 Å². The Balaban J connectivity index is 1.83. The number of amides is 1. The first-order valence-corrected chi connectivity index (χ1v) is 7.11. The molecule has 1 aliphatic carbocycles. The van der Waals surface area contributed by atoms with Crippen molar-refractivity contribution < 1.29 is 4.79 Å². The second kappa shape index (κ2) is 4.60. The topological polar surface area (TPSA) is 59.2 Å². The summed E-state index contributed by atoms with van der Waals surface area (Å²) in [6.45, 7) is 2.76. The van der Waals surface area contributed by atoms with Gasteiger partial charge in [-0.2, -0.15) is 0 Å². The van der Waals surface area contributed by atoms with Crippen LogP contribution < -0.4 is 10.6 Å². The highest BCUT2D eigenvalue weighted by Gasteiger charge is 2.48. The second-order valence-corrected chi connectivity index (χ2v) is 6.00. The van der Waals surface area contributed by atoms with Crippen molar-refractivity contribution in [1.29, 1.82) is 0 Å². The van der Waals surface area contributed by atoms with Crippen molar-refractivity contribution >= 4 is 11.6 Å². The predicted molar refractivity (Wildman–Crippen MR) is 74.8 cm³/mol. The quantitative estimate of drug-likeness (QED) is 0.839. The molecule has 1 saturated carbocycles. The van der Waals surface area contributed by atoms with E-state index in [0.29, 0.717) is 0 Å². The fraction of sp³-hybridized carbons (Fsp3) is 0.600. The van der Waals surface area contributed by atoms with Gasteiger partial charge in [-0.1, -0.05) is 6.42 Å². The Labute approximate surface area is 114 Å². The molecule has 2 N–H and O–H groups in total. The summed E-state index contributed by atoms with van der Waals surface area (Å²) in [5.41, 5.74) is 7.78. The van der Waals surface area contributed by atoms with Crippen molar-refractivity contribution in [3.8, 4) is 0 Å². The van der Waals surface area contributed by atoms with E-state index in [2.05, 4.69) is 4.98 Å². The van der Waals surface area contributed by atoms with Crippen molar-refractivity contribution in [1.82, 2.24) is 4.98 Å². The molecular formula is C15H21N3O. The zero-order valence-corrected chi connectivity index (χ0v) is 11.4. The maximum atomic E-state index is 12.8. The number of pyridine rings is 1. The largest absolute Gasteiger partial charge is 0.328 e. The van der Waals surface area contributed by atoms with Crippen LogP contribution in [0.25, 0.3) is 0 Å². The summed E-state index contributed by atoms with van der Waals surface area (Å²) in [7, 11) is 0. The van der Waals surface area contributed by atoms with Crippen LogP contribution in [0.3, 0.4) is 0 Å². The first-order chi connectivity index (χ1) is 9.11. The van der Waals surface area contributed by atoms with E-state index in [1.54, 1.807) is 6.20 Å². The highest BCUT2D eigenvalue weighted by Crippen LogP contribution is 2.45. The molecule has 1 aromatic heterocycles. The van der Waals surface area contributed by atoms with Crippen molar-refractivity contribution in [2.75, 3.05) is 11.4 Å². The van der Waals surface area contributed by atoms with Gasteiger partial charge in [-0.25, -0.2) is 0 Å². The number of hydrogen-bond acceptors (Lipinski definition) is 3. The fourth-order valence-electron chi connectivity index (χ4n) is 3.52. The molecule has 1 aromatic rings. The molecule has 1 amide bonds. The molecule has 2 heterocycles. The van der Waals surface area contributed by atoms with Crippen LogP contribution in [0.4, 0.5) is 5.69 Å². The van der Waals surface area contributed by atoms with Gasteiger partial charge in [-0.15, -0.1) is 0 Å². The minimum atomic E-state index is -0.192. The van der Waals surface area contributed by atoms with Gasteiger partial charge in [0.15, 0.2) is 0 Å². The summed E-state index contributed by atoms with van der Waals surface area (Å²) in [5, 5.41) is 0. The van der Waals surface area contributed by atoms with Crippen LogP contribution in [0.1, 0.15) is 37.8 Å². The first-order valence-electron chi connectivity index (χ1n) is 7.11. The van der Waals surface area contributed by atoms with Crippen molar-refractivity contribution in [3.05, 3.63) is 24.0 Å². The summed E-state index contributed by atoms with van der Waals surface area (Å²) in [6, 6.07) is 4.14. The van der Waals surface area contributed by atoms with Gasteiger partial charge >= 0.3 is 0 Å². The summed E-state index contributed by atoms with van der Waals surface area (Å²) in [5.74, 6) is 0.258. The lowest BCUT2D eigenvalue weighted by molar-refractivity contribution is -0.127. The third-order valence-corrected chi connectivity index (χ3v) is 4.60. The SMILES string of the molecule is Cc1ccc(N2CCC3(CCCC(N)C3)C2=O)cn1.